The number of piperidine rings is 1. The van der Waals surface area contributed by atoms with Gasteiger partial charge in [0.05, 0.1) is 16.1 Å². The lowest BCUT2D eigenvalue weighted by molar-refractivity contribution is -0.119. The van der Waals surface area contributed by atoms with Crippen molar-refractivity contribution in [3.05, 3.63) is 59.9 Å². The number of amides is 1. The van der Waals surface area contributed by atoms with Crippen molar-refractivity contribution in [3.8, 4) is 0 Å². The second-order valence-electron chi connectivity index (χ2n) is 6.57. The molecule has 2 aromatic rings. The number of para-hydroxylation sites is 1. The van der Waals surface area contributed by atoms with Crippen LogP contribution < -0.4 is 5.32 Å². The van der Waals surface area contributed by atoms with Crippen molar-refractivity contribution < 1.29 is 27.1 Å². The Morgan fingerprint density at radius 3 is 2.38 bits per heavy atom. The maximum atomic E-state index is 13.6. The summed E-state index contributed by atoms with van der Waals surface area (Å²) in [7, 11) is -3.85. The lowest BCUT2D eigenvalue weighted by atomic mass is 10.2. The predicted octanol–water partition coefficient (Wildman–Crippen LogP) is 2.80. The van der Waals surface area contributed by atoms with E-state index < -0.39 is 34.3 Å². The third kappa shape index (κ3) is 4.99. The summed E-state index contributed by atoms with van der Waals surface area (Å²) >= 11 is 0. The summed E-state index contributed by atoms with van der Waals surface area (Å²) in [5.41, 5.74) is -0.182. The van der Waals surface area contributed by atoms with E-state index in [0.29, 0.717) is 13.1 Å². The highest BCUT2D eigenvalue weighted by Gasteiger charge is 2.30. The molecule has 0 atom stereocenters. The Bertz CT molecular complexity index is 1000. The van der Waals surface area contributed by atoms with Crippen LogP contribution in [0.25, 0.3) is 0 Å². The first kappa shape index (κ1) is 20.9. The molecule has 29 heavy (non-hydrogen) atoms. The van der Waals surface area contributed by atoms with Crippen LogP contribution in [0.1, 0.15) is 29.6 Å². The van der Waals surface area contributed by atoms with E-state index in [1.54, 1.807) is 6.07 Å². The van der Waals surface area contributed by atoms with Crippen LogP contribution >= 0.6 is 0 Å². The van der Waals surface area contributed by atoms with Gasteiger partial charge < -0.3 is 10.1 Å². The van der Waals surface area contributed by atoms with Crippen molar-refractivity contribution in [2.45, 2.75) is 24.2 Å². The first-order valence-electron chi connectivity index (χ1n) is 9.20. The number of hydrogen-bond donors (Lipinski definition) is 1. The number of nitrogens with zero attached hydrogens (tertiary/aromatic N) is 1. The van der Waals surface area contributed by atoms with Gasteiger partial charge in [-0.3, -0.25) is 4.79 Å². The summed E-state index contributed by atoms with van der Waals surface area (Å²) in [6, 6.07) is 11.3. The molecule has 1 fully saturated rings. The quantitative estimate of drug-likeness (QED) is 0.726. The van der Waals surface area contributed by atoms with Gasteiger partial charge in [-0.25, -0.2) is 17.6 Å². The number of carbonyl (C=O) groups is 2. The molecule has 9 heteroatoms. The van der Waals surface area contributed by atoms with E-state index >= 15 is 0 Å². The molecule has 1 amide bonds. The molecule has 3 rings (SSSR count). The highest BCUT2D eigenvalue weighted by Crippen LogP contribution is 2.24. The third-order valence-electron chi connectivity index (χ3n) is 4.52. The number of nitrogens with one attached hydrogen (secondary N) is 1. The van der Waals surface area contributed by atoms with Crippen LogP contribution in [-0.4, -0.2) is 44.3 Å². The molecule has 1 saturated heterocycles. The molecule has 0 aromatic heterocycles. The molecule has 2 aromatic carbocycles. The molecule has 0 unspecified atom stereocenters. The minimum absolute atomic E-state index is 0.0402. The first-order chi connectivity index (χ1) is 13.9. The Hall–Kier alpha value is -2.78. The van der Waals surface area contributed by atoms with E-state index in [2.05, 4.69) is 5.32 Å². The van der Waals surface area contributed by atoms with E-state index in [9.17, 15) is 22.4 Å². The number of carbonyl (C=O) groups excluding carboxylic acids is 2. The molecule has 0 radical (unpaired) electrons. The Labute approximate surface area is 168 Å². The van der Waals surface area contributed by atoms with Gasteiger partial charge in [-0.15, -0.1) is 0 Å². The van der Waals surface area contributed by atoms with Gasteiger partial charge in [0.2, 0.25) is 10.0 Å². The lowest BCUT2D eigenvalue weighted by Crippen LogP contribution is -2.36. The zero-order valence-electron chi connectivity index (χ0n) is 15.6. The SMILES string of the molecule is O=C(COC(=O)c1ccccc1S(=O)(=O)N1CCCCC1)Nc1ccccc1F. The van der Waals surface area contributed by atoms with Gasteiger partial charge in [-0.2, -0.15) is 4.31 Å². The molecule has 1 aliphatic rings. The Kier molecular flexibility index (Phi) is 6.60. The largest absolute Gasteiger partial charge is 0.452 e. The van der Waals surface area contributed by atoms with Gasteiger partial charge >= 0.3 is 5.97 Å². The van der Waals surface area contributed by atoms with Gasteiger partial charge in [-0.05, 0) is 37.1 Å². The number of rotatable bonds is 6. The molecule has 1 N–H and O–H groups in total. The average Bonchev–Trinajstić information content (AvgIpc) is 2.74. The van der Waals surface area contributed by atoms with Gasteiger partial charge in [0.1, 0.15) is 5.82 Å². The van der Waals surface area contributed by atoms with E-state index in [1.165, 1.54) is 46.8 Å². The van der Waals surface area contributed by atoms with Gasteiger partial charge in [0.15, 0.2) is 6.61 Å². The fourth-order valence-corrected chi connectivity index (χ4v) is 4.76. The number of ether oxygens (including phenoxy) is 1. The molecular formula is C20H21FN2O5S. The Balaban J connectivity index is 1.70. The predicted molar refractivity (Wildman–Crippen MR) is 104 cm³/mol. The molecule has 7 nitrogen and oxygen atoms in total. The molecular weight excluding hydrogens is 399 g/mol. The van der Waals surface area contributed by atoms with Gasteiger partial charge in [-0.1, -0.05) is 30.7 Å². The smallest absolute Gasteiger partial charge is 0.340 e. The topological polar surface area (TPSA) is 92.8 Å². The summed E-state index contributed by atoms with van der Waals surface area (Å²) in [5.74, 6) is -2.30. The number of sulfonamides is 1. The number of halogens is 1. The average molecular weight is 420 g/mol. The lowest BCUT2D eigenvalue weighted by Gasteiger charge is -2.26. The van der Waals surface area contributed by atoms with E-state index in [1.807, 2.05) is 0 Å². The summed E-state index contributed by atoms with van der Waals surface area (Å²) in [6.45, 7) is 0.124. The molecule has 1 aliphatic heterocycles. The Morgan fingerprint density at radius 2 is 1.66 bits per heavy atom. The van der Waals surface area contributed by atoms with Gasteiger partial charge in [0, 0.05) is 13.1 Å². The minimum atomic E-state index is -3.85. The van der Waals surface area contributed by atoms with Crippen molar-refractivity contribution in [3.63, 3.8) is 0 Å². The van der Waals surface area contributed by atoms with Crippen LogP contribution in [0.3, 0.4) is 0 Å². The number of anilines is 1. The van der Waals surface area contributed by atoms with Crippen molar-refractivity contribution in [2.24, 2.45) is 0 Å². The fraction of sp³-hybridized carbons (Fsp3) is 0.300. The molecule has 0 bridgehead atoms. The van der Waals surface area contributed by atoms with Crippen LogP contribution in [0.2, 0.25) is 0 Å². The second kappa shape index (κ2) is 9.15. The molecule has 1 heterocycles. The van der Waals surface area contributed by atoms with Crippen LogP contribution in [0, 0.1) is 5.82 Å². The summed E-state index contributed by atoms with van der Waals surface area (Å²) in [4.78, 5) is 24.3. The molecule has 154 valence electrons. The second-order valence-corrected chi connectivity index (χ2v) is 8.47. The summed E-state index contributed by atoms with van der Waals surface area (Å²) in [5, 5.41) is 2.30. The third-order valence-corrected chi connectivity index (χ3v) is 6.48. The highest BCUT2D eigenvalue weighted by molar-refractivity contribution is 7.89. The summed E-state index contributed by atoms with van der Waals surface area (Å²) < 4.78 is 45.8. The van der Waals surface area contributed by atoms with E-state index in [4.69, 9.17) is 4.74 Å². The van der Waals surface area contributed by atoms with Crippen molar-refractivity contribution in [1.29, 1.82) is 0 Å². The van der Waals surface area contributed by atoms with Crippen LogP contribution in [-0.2, 0) is 19.6 Å². The van der Waals surface area contributed by atoms with Gasteiger partial charge in [0.25, 0.3) is 5.91 Å². The minimum Gasteiger partial charge on any atom is -0.452 e. The highest BCUT2D eigenvalue weighted by atomic mass is 32.2. The maximum Gasteiger partial charge on any atom is 0.340 e. The van der Waals surface area contributed by atoms with Crippen LogP contribution in [0.4, 0.5) is 10.1 Å². The van der Waals surface area contributed by atoms with Crippen molar-refractivity contribution in [2.75, 3.05) is 25.0 Å². The monoisotopic (exact) mass is 420 g/mol. The number of esters is 1. The number of benzene rings is 2. The van der Waals surface area contributed by atoms with Crippen molar-refractivity contribution in [1.82, 2.24) is 4.31 Å². The van der Waals surface area contributed by atoms with Crippen LogP contribution in [0.5, 0.6) is 0 Å². The molecule has 0 spiro atoms. The van der Waals surface area contributed by atoms with E-state index in [0.717, 1.165) is 19.3 Å². The summed E-state index contributed by atoms with van der Waals surface area (Å²) in [6.07, 6.45) is 2.50. The zero-order valence-corrected chi connectivity index (χ0v) is 16.5. The standard InChI is InChI=1S/C20H21FN2O5S/c21-16-9-3-4-10-17(16)22-19(24)14-28-20(25)15-8-2-5-11-18(15)29(26,27)23-12-6-1-7-13-23/h2-5,8-11H,1,6-7,12-14H2,(H,22,24). The fourth-order valence-electron chi connectivity index (χ4n) is 3.06. The van der Waals surface area contributed by atoms with Crippen LogP contribution in [0.15, 0.2) is 53.4 Å². The van der Waals surface area contributed by atoms with E-state index in [-0.39, 0.29) is 16.1 Å². The molecule has 0 aliphatic carbocycles. The number of hydrogen-bond acceptors (Lipinski definition) is 5. The maximum absolute atomic E-state index is 13.6. The van der Waals surface area contributed by atoms with Crippen molar-refractivity contribution >= 4 is 27.6 Å². The zero-order chi connectivity index (χ0) is 20.9. The normalized spacial score (nSPS) is 14.9. The first-order valence-corrected chi connectivity index (χ1v) is 10.6. The Morgan fingerprint density at radius 1 is 1.00 bits per heavy atom. The molecule has 0 saturated carbocycles.